The smallest absolute Gasteiger partial charge is 0.223 e. The Balaban J connectivity index is 1.50. The molecule has 2 heterocycles. The Morgan fingerprint density at radius 3 is 2.72 bits per heavy atom. The summed E-state index contributed by atoms with van der Waals surface area (Å²) in [7, 11) is 0. The second-order valence-electron chi connectivity index (χ2n) is 7.53. The van der Waals surface area contributed by atoms with E-state index < -0.39 is 0 Å². The van der Waals surface area contributed by atoms with Crippen molar-refractivity contribution in [2.24, 2.45) is 5.92 Å². The number of hydrogen-bond acceptors (Lipinski definition) is 3. The van der Waals surface area contributed by atoms with Gasteiger partial charge in [0.1, 0.15) is 5.82 Å². The molecule has 5 heteroatoms. The average Bonchev–Trinajstić information content (AvgIpc) is 3.02. The summed E-state index contributed by atoms with van der Waals surface area (Å²) < 4.78 is 0. The van der Waals surface area contributed by atoms with Gasteiger partial charge in [0.15, 0.2) is 0 Å². The highest BCUT2D eigenvalue weighted by atomic mass is 16.1. The van der Waals surface area contributed by atoms with Crippen LogP contribution < -0.4 is 5.32 Å². The van der Waals surface area contributed by atoms with Gasteiger partial charge >= 0.3 is 0 Å². The van der Waals surface area contributed by atoms with Crippen LogP contribution in [0.1, 0.15) is 43.6 Å². The van der Waals surface area contributed by atoms with E-state index in [2.05, 4.69) is 55.0 Å². The SMILES string of the molecule is Cc1ccc2[nH]c(CCNC(=O)C3CCN(C(C)C)CC3)nc2c1C. The first-order chi connectivity index (χ1) is 12.0. The number of benzene rings is 1. The van der Waals surface area contributed by atoms with E-state index in [-0.39, 0.29) is 11.8 Å². The first-order valence-electron chi connectivity index (χ1n) is 9.42. The second kappa shape index (κ2) is 7.56. The van der Waals surface area contributed by atoms with Crippen molar-refractivity contribution in [3.8, 4) is 0 Å². The summed E-state index contributed by atoms with van der Waals surface area (Å²) in [5.74, 6) is 1.31. The zero-order valence-corrected chi connectivity index (χ0v) is 15.9. The number of piperidine rings is 1. The number of nitrogens with one attached hydrogen (secondary N) is 2. The predicted octanol–water partition coefficient (Wildman–Crippen LogP) is 2.96. The molecule has 0 aliphatic carbocycles. The molecule has 1 saturated heterocycles. The molecule has 1 aromatic heterocycles. The molecule has 0 atom stereocenters. The van der Waals surface area contributed by atoms with Crippen molar-refractivity contribution < 1.29 is 4.79 Å². The number of carbonyl (C=O) groups is 1. The standard InChI is InChI=1S/C20H30N4O/c1-13(2)24-11-8-16(9-12-24)20(25)21-10-7-18-22-17-6-5-14(3)15(4)19(17)23-18/h5-6,13,16H,7-12H2,1-4H3,(H,21,25)(H,22,23). The van der Waals surface area contributed by atoms with Crippen LogP contribution in [0.5, 0.6) is 0 Å². The van der Waals surface area contributed by atoms with E-state index in [1.54, 1.807) is 0 Å². The molecule has 1 fully saturated rings. The summed E-state index contributed by atoms with van der Waals surface area (Å²) in [6.45, 7) is 11.3. The molecule has 3 rings (SSSR count). The minimum Gasteiger partial charge on any atom is -0.355 e. The third-order valence-electron chi connectivity index (χ3n) is 5.52. The number of H-pyrrole nitrogens is 1. The summed E-state index contributed by atoms with van der Waals surface area (Å²) in [4.78, 5) is 22.9. The summed E-state index contributed by atoms with van der Waals surface area (Å²) in [5.41, 5.74) is 4.60. The van der Waals surface area contributed by atoms with Crippen molar-refractivity contribution >= 4 is 16.9 Å². The molecule has 25 heavy (non-hydrogen) atoms. The maximum atomic E-state index is 12.4. The number of likely N-dealkylation sites (tertiary alicyclic amines) is 1. The number of aromatic nitrogens is 2. The van der Waals surface area contributed by atoms with E-state index in [1.165, 1.54) is 11.1 Å². The van der Waals surface area contributed by atoms with Gasteiger partial charge in [0.25, 0.3) is 0 Å². The van der Waals surface area contributed by atoms with Gasteiger partial charge in [-0.2, -0.15) is 0 Å². The Kier molecular flexibility index (Phi) is 5.42. The van der Waals surface area contributed by atoms with E-state index in [4.69, 9.17) is 4.98 Å². The van der Waals surface area contributed by atoms with Crippen LogP contribution in [0.15, 0.2) is 12.1 Å². The van der Waals surface area contributed by atoms with E-state index in [0.717, 1.165) is 49.2 Å². The number of fused-ring (bicyclic) bond motifs is 1. The molecule has 2 N–H and O–H groups in total. The summed E-state index contributed by atoms with van der Waals surface area (Å²) in [5, 5.41) is 3.10. The molecule has 1 aliphatic heterocycles. The van der Waals surface area contributed by atoms with Gasteiger partial charge in [-0.15, -0.1) is 0 Å². The Hall–Kier alpha value is -1.88. The van der Waals surface area contributed by atoms with Crippen LogP contribution in [0.4, 0.5) is 0 Å². The van der Waals surface area contributed by atoms with Crippen LogP contribution >= 0.6 is 0 Å². The van der Waals surface area contributed by atoms with Gasteiger partial charge in [0.05, 0.1) is 11.0 Å². The van der Waals surface area contributed by atoms with Gasteiger partial charge in [-0.05, 0) is 70.8 Å². The number of nitrogens with zero attached hydrogens (tertiary/aromatic N) is 2. The molecular formula is C20H30N4O. The van der Waals surface area contributed by atoms with Gasteiger partial charge in [-0.25, -0.2) is 4.98 Å². The summed E-state index contributed by atoms with van der Waals surface area (Å²) in [6, 6.07) is 4.77. The first kappa shape index (κ1) is 17.9. The van der Waals surface area contributed by atoms with Gasteiger partial charge in [0, 0.05) is 24.9 Å². The quantitative estimate of drug-likeness (QED) is 0.878. The van der Waals surface area contributed by atoms with Crippen molar-refractivity contribution in [2.45, 2.75) is 53.0 Å². The minimum atomic E-state index is 0.163. The van der Waals surface area contributed by atoms with Gasteiger partial charge in [0.2, 0.25) is 5.91 Å². The molecule has 1 amide bonds. The highest BCUT2D eigenvalue weighted by Crippen LogP contribution is 2.20. The number of imidazole rings is 1. The Labute approximate surface area is 150 Å². The molecule has 0 bridgehead atoms. The fourth-order valence-corrected chi connectivity index (χ4v) is 3.61. The van der Waals surface area contributed by atoms with Gasteiger partial charge in [-0.3, -0.25) is 4.79 Å². The number of aryl methyl sites for hydroxylation is 2. The second-order valence-corrected chi connectivity index (χ2v) is 7.53. The van der Waals surface area contributed by atoms with E-state index in [1.807, 2.05) is 0 Å². The van der Waals surface area contributed by atoms with Crippen molar-refractivity contribution in [2.75, 3.05) is 19.6 Å². The van der Waals surface area contributed by atoms with Gasteiger partial charge in [-0.1, -0.05) is 6.07 Å². The third-order valence-corrected chi connectivity index (χ3v) is 5.52. The maximum absolute atomic E-state index is 12.4. The highest BCUT2D eigenvalue weighted by Gasteiger charge is 2.25. The normalized spacial score (nSPS) is 16.7. The molecule has 1 aliphatic rings. The van der Waals surface area contributed by atoms with Gasteiger partial charge < -0.3 is 15.2 Å². The molecule has 136 valence electrons. The lowest BCUT2D eigenvalue weighted by atomic mass is 9.95. The van der Waals surface area contributed by atoms with E-state index >= 15 is 0 Å². The Morgan fingerprint density at radius 1 is 1.32 bits per heavy atom. The van der Waals surface area contributed by atoms with Crippen molar-refractivity contribution in [1.29, 1.82) is 0 Å². The Morgan fingerprint density at radius 2 is 2.04 bits per heavy atom. The number of carbonyl (C=O) groups excluding carboxylic acids is 1. The monoisotopic (exact) mass is 342 g/mol. The number of hydrogen-bond donors (Lipinski definition) is 2. The van der Waals surface area contributed by atoms with Crippen LogP contribution in [0, 0.1) is 19.8 Å². The topological polar surface area (TPSA) is 61.0 Å². The zero-order valence-electron chi connectivity index (χ0n) is 15.9. The van der Waals surface area contributed by atoms with Crippen LogP contribution in [0.25, 0.3) is 11.0 Å². The lowest BCUT2D eigenvalue weighted by Crippen LogP contribution is -2.43. The zero-order chi connectivity index (χ0) is 18.0. The Bertz CT molecular complexity index is 741. The predicted molar refractivity (Wildman–Crippen MR) is 102 cm³/mol. The largest absolute Gasteiger partial charge is 0.355 e. The van der Waals surface area contributed by atoms with Crippen molar-refractivity contribution in [3.63, 3.8) is 0 Å². The third kappa shape index (κ3) is 4.03. The van der Waals surface area contributed by atoms with Crippen molar-refractivity contribution in [3.05, 3.63) is 29.1 Å². The highest BCUT2D eigenvalue weighted by molar-refractivity contribution is 5.80. The fraction of sp³-hybridized carbons (Fsp3) is 0.600. The maximum Gasteiger partial charge on any atom is 0.223 e. The molecule has 0 unspecified atom stereocenters. The number of amides is 1. The van der Waals surface area contributed by atoms with Crippen LogP contribution in [0.3, 0.4) is 0 Å². The average molecular weight is 342 g/mol. The fourth-order valence-electron chi connectivity index (χ4n) is 3.61. The molecule has 0 saturated carbocycles. The van der Waals surface area contributed by atoms with Crippen LogP contribution in [0.2, 0.25) is 0 Å². The summed E-state index contributed by atoms with van der Waals surface area (Å²) in [6.07, 6.45) is 2.67. The van der Waals surface area contributed by atoms with E-state index in [0.29, 0.717) is 12.6 Å². The van der Waals surface area contributed by atoms with Crippen molar-refractivity contribution in [1.82, 2.24) is 20.2 Å². The van der Waals surface area contributed by atoms with E-state index in [9.17, 15) is 4.79 Å². The molecule has 5 nitrogen and oxygen atoms in total. The molecule has 0 spiro atoms. The minimum absolute atomic E-state index is 0.163. The molecule has 2 aromatic rings. The molecular weight excluding hydrogens is 312 g/mol. The first-order valence-corrected chi connectivity index (χ1v) is 9.42. The molecule has 0 radical (unpaired) electrons. The lowest BCUT2D eigenvalue weighted by Gasteiger charge is -2.33. The number of rotatable bonds is 5. The van der Waals surface area contributed by atoms with Crippen LogP contribution in [-0.4, -0.2) is 46.5 Å². The number of aromatic amines is 1. The summed E-state index contributed by atoms with van der Waals surface area (Å²) >= 11 is 0. The van der Waals surface area contributed by atoms with Crippen LogP contribution in [-0.2, 0) is 11.2 Å². The lowest BCUT2D eigenvalue weighted by molar-refractivity contribution is -0.126. The molecule has 1 aromatic carbocycles.